The van der Waals surface area contributed by atoms with Gasteiger partial charge in [-0.3, -0.25) is 9.69 Å². The van der Waals surface area contributed by atoms with Crippen molar-refractivity contribution in [3.8, 4) is 11.3 Å². The van der Waals surface area contributed by atoms with Gasteiger partial charge in [-0.1, -0.05) is 54.3 Å². The minimum Gasteiger partial charge on any atom is -0.457 e. The van der Waals surface area contributed by atoms with Crippen molar-refractivity contribution >= 4 is 40.3 Å². The van der Waals surface area contributed by atoms with Gasteiger partial charge in [-0.25, -0.2) is 0 Å². The van der Waals surface area contributed by atoms with Crippen LogP contribution < -0.4 is 0 Å². The van der Waals surface area contributed by atoms with Gasteiger partial charge in [0.15, 0.2) is 0 Å². The fourth-order valence-electron chi connectivity index (χ4n) is 2.38. The van der Waals surface area contributed by atoms with Crippen LogP contribution in [0.5, 0.6) is 0 Å². The summed E-state index contributed by atoms with van der Waals surface area (Å²) < 4.78 is 11.4. The Morgan fingerprint density at radius 1 is 1.25 bits per heavy atom. The van der Waals surface area contributed by atoms with Crippen molar-refractivity contribution < 1.29 is 13.9 Å². The molecule has 2 heterocycles. The van der Waals surface area contributed by atoms with E-state index in [1.54, 1.807) is 18.1 Å². The maximum Gasteiger partial charge on any atom is 0.266 e. The summed E-state index contributed by atoms with van der Waals surface area (Å²) in [4.78, 5) is 14.7. The number of nitrogens with zero attached hydrogens (tertiary/aromatic N) is 1. The second kappa shape index (κ2) is 7.79. The monoisotopic (exact) mass is 359 g/mol. The second-order valence-electron chi connectivity index (χ2n) is 5.25. The number of hydrogen-bond donors (Lipinski definition) is 0. The van der Waals surface area contributed by atoms with Gasteiger partial charge < -0.3 is 9.15 Å². The minimum atomic E-state index is -0.0706. The van der Waals surface area contributed by atoms with Crippen LogP contribution in [-0.2, 0) is 9.53 Å². The normalized spacial score (nSPS) is 16.4. The Balaban J connectivity index is 1.74. The first-order chi connectivity index (χ1) is 11.7. The Labute approximate surface area is 150 Å². The topological polar surface area (TPSA) is 42.7 Å². The zero-order chi connectivity index (χ0) is 16.9. The van der Waals surface area contributed by atoms with Gasteiger partial charge >= 0.3 is 0 Å². The van der Waals surface area contributed by atoms with E-state index in [1.165, 1.54) is 11.8 Å². The van der Waals surface area contributed by atoms with Crippen LogP contribution in [0.3, 0.4) is 0 Å². The molecule has 124 valence electrons. The summed E-state index contributed by atoms with van der Waals surface area (Å²) in [6, 6.07) is 13.6. The molecule has 24 heavy (non-hydrogen) atoms. The summed E-state index contributed by atoms with van der Waals surface area (Å²) in [5.74, 6) is 1.35. The predicted octanol–water partition coefficient (Wildman–Crippen LogP) is 4.18. The molecule has 1 fully saturated rings. The molecule has 6 heteroatoms. The Bertz CT molecular complexity index is 768. The molecule has 0 atom stereocenters. The van der Waals surface area contributed by atoms with E-state index in [-0.39, 0.29) is 5.91 Å². The van der Waals surface area contributed by atoms with Crippen LogP contribution in [0.2, 0.25) is 0 Å². The van der Waals surface area contributed by atoms with Crippen LogP contribution in [0.4, 0.5) is 0 Å². The van der Waals surface area contributed by atoms with Gasteiger partial charge in [0.25, 0.3) is 5.91 Å². The number of thiocarbonyl (C=S) groups is 1. The van der Waals surface area contributed by atoms with Gasteiger partial charge in [0.05, 0.1) is 4.91 Å². The number of methoxy groups -OCH3 is 1. The quantitative estimate of drug-likeness (QED) is 0.440. The molecule has 1 amide bonds. The van der Waals surface area contributed by atoms with Gasteiger partial charge in [-0.15, -0.1) is 0 Å². The average molecular weight is 359 g/mol. The van der Waals surface area contributed by atoms with Gasteiger partial charge in [-0.2, -0.15) is 0 Å². The first-order valence-corrected chi connectivity index (χ1v) is 8.81. The summed E-state index contributed by atoms with van der Waals surface area (Å²) in [5, 5.41) is 0. The molecule has 3 rings (SSSR count). The van der Waals surface area contributed by atoms with E-state index < -0.39 is 0 Å². The Morgan fingerprint density at radius 3 is 2.79 bits per heavy atom. The molecule has 0 bridgehead atoms. The number of rotatable bonds is 6. The Kier molecular flexibility index (Phi) is 5.50. The molecule has 0 saturated carbocycles. The lowest BCUT2D eigenvalue weighted by Crippen LogP contribution is -2.29. The van der Waals surface area contributed by atoms with E-state index >= 15 is 0 Å². The largest absolute Gasteiger partial charge is 0.457 e. The number of hydrogen-bond acceptors (Lipinski definition) is 5. The van der Waals surface area contributed by atoms with E-state index in [2.05, 4.69) is 0 Å². The van der Waals surface area contributed by atoms with Gasteiger partial charge in [0.1, 0.15) is 15.8 Å². The molecular formula is C18H17NO3S2. The molecule has 1 aliphatic heterocycles. The third-order valence-electron chi connectivity index (χ3n) is 3.56. The van der Waals surface area contributed by atoms with Crippen molar-refractivity contribution in [2.75, 3.05) is 20.3 Å². The van der Waals surface area contributed by atoms with Crippen molar-refractivity contribution in [3.63, 3.8) is 0 Å². The highest BCUT2D eigenvalue weighted by Crippen LogP contribution is 2.33. The van der Waals surface area contributed by atoms with E-state index in [1.807, 2.05) is 42.5 Å². The molecule has 2 aromatic rings. The zero-order valence-corrected chi connectivity index (χ0v) is 14.9. The molecule has 0 unspecified atom stereocenters. The molecular weight excluding hydrogens is 342 g/mol. The highest BCUT2D eigenvalue weighted by atomic mass is 32.2. The van der Waals surface area contributed by atoms with Crippen LogP contribution in [0.15, 0.2) is 51.8 Å². The van der Waals surface area contributed by atoms with Gasteiger partial charge in [0, 0.05) is 31.9 Å². The summed E-state index contributed by atoms with van der Waals surface area (Å²) in [5.41, 5.74) is 1.00. The van der Waals surface area contributed by atoms with Crippen LogP contribution in [-0.4, -0.2) is 35.4 Å². The van der Waals surface area contributed by atoms with E-state index in [0.29, 0.717) is 28.1 Å². The molecule has 4 nitrogen and oxygen atoms in total. The maximum atomic E-state index is 12.5. The van der Waals surface area contributed by atoms with Crippen molar-refractivity contribution in [1.29, 1.82) is 0 Å². The molecule has 1 saturated heterocycles. The number of furan rings is 1. The van der Waals surface area contributed by atoms with Crippen molar-refractivity contribution in [2.45, 2.75) is 6.42 Å². The van der Waals surface area contributed by atoms with Crippen molar-refractivity contribution in [3.05, 3.63) is 53.1 Å². The first-order valence-electron chi connectivity index (χ1n) is 7.58. The summed E-state index contributed by atoms with van der Waals surface area (Å²) in [7, 11) is 1.64. The number of carbonyl (C=O) groups excluding carboxylic acids is 1. The number of amides is 1. The molecule has 0 spiro atoms. The lowest BCUT2D eigenvalue weighted by molar-refractivity contribution is -0.122. The SMILES string of the molecule is COCCCN1C(=O)/C(=C\c2ccc(-c3ccccc3)o2)SC1=S. The van der Waals surface area contributed by atoms with E-state index in [0.717, 1.165) is 17.7 Å². The van der Waals surface area contributed by atoms with Crippen LogP contribution in [0, 0.1) is 0 Å². The first kappa shape index (κ1) is 17.0. The van der Waals surface area contributed by atoms with Crippen LogP contribution in [0.1, 0.15) is 12.2 Å². The smallest absolute Gasteiger partial charge is 0.266 e. The van der Waals surface area contributed by atoms with E-state index in [4.69, 9.17) is 21.4 Å². The fourth-order valence-corrected chi connectivity index (χ4v) is 3.67. The predicted molar refractivity (Wildman–Crippen MR) is 101 cm³/mol. The zero-order valence-electron chi connectivity index (χ0n) is 13.2. The number of thioether (sulfide) groups is 1. The highest BCUT2D eigenvalue weighted by molar-refractivity contribution is 8.26. The highest BCUT2D eigenvalue weighted by Gasteiger charge is 2.31. The maximum absolute atomic E-state index is 12.5. The van der Waals surface area contributed by atoms with Crippen LogP contribution in [0.25, 0.3) is 17.4 Å². The lowest BCUT2D eigenvalue weighted by atomic mass is 10.2. The summed E-state index contributed by atoms with van der Waals surface area (Å²) in [6.07, 6.45) is 2.51. The molecule has 1 aromatic heterocycles. The lowest BCUT2D eigenvalue weighted by Gasteiger charge is -2.13. The summed E-state index contributed by atoms with van der Waals surface area (Å²) >= 11 is 6.61. The number of benzene rings is 1. The third-order valence-corrected chi connectivity index (χ3v) is 4.94. The fraction of sp³-hybridized carbons (Fsp3) is 0.222. The average Bonchev–Trinajstić information content (AvgIpc) is 3.16. The van der Waals surface area contributed by atoms with Gasteiger partial charge in [-0.05, 0) is 18.6 Å². The van der Waals surface area contributed by atoms with Crippen LogP contribution >= 0.6 is 24.0 Å². The Morgan fingerprint density at radius 2 is 2.04 bits per heavy atom. The third kappa shape index (κ3) is 3.77. The summed E-state index contributed by atoms with van der Waals surface area (Å²) in [6.45, 7) is 1.18. The standard InChI is InChI=1S/C18H17NO3S2/c1-21-11-5-10-19-17(20)16(24-18(19)23)12-14-8-9-15(22-14)13-6-3-2-4-7-13/h2-4,6-9,12H,5,10-11H2,1H3/b16-12+. The molecule has 0 N–H and O–H groups in total. The van der Waals surface area contributed by atoms with Crippen molar-refractivity contribution in [2.24, 2.45) is 0 Å². The van der Waals surface area contributed by atoms with Crippen molar-refractivity contribution in [1.82, 2.24) is 4.90 Å². The van der Waals surface area contributed by atoms with E-state index in [9.17, 15) is 4.79 Å². The Hall–Kier alpha value is -1.89. The number of carbonyl (C=O) groups is 1. The number of ether oxygens (including phenoxy) is 1. The minimum absolute atomic E-state index is 0.0706. The van der Waals surface area contributed by atoms with Gasteiger partial charge in [0.2, 0.25) is 0 Å². The second-order valence-corrected chi connectivity index (χ2v) is 6.92. The molecule has 0 aliphatic carbocycles. The molecule has 0 radical (unpaired) electrons. The molecule has 1 aromatic carbocycles. The molecule has 1 aliphatic rings.